The maximum absolute atomic E-state index is 12.4. The third kappa shape index (κ3) is 2.48. The number of benzene rings is 1. The minimum absolute atomic E-state index is 0.156. The zero-order chi connectivity index (χ0) is 13.3. The van der Waals surface area contributed by atoms with Gasteiger partial charge in [-0.25, -0.2) is 8.42 Å². The van der Waals surface area contributed by atoms with E-state index in [9.17, 15) is 8.42 Å². The molecule has 0 aromatic heterocycles. The zero-order valence-corrected chi connectivity index (χ0v) is 11.8. The van der Waals surface area contributed by atoms with Gasteiger partial charge < -0.3 is 5.73 Å². The zero-order valence-electron chi connectivity index (χ0n) is 10.3. The summed E-state index contributed by atoms with van der Waals surface area (Å²) in [6.45, 7) is 3.24. The van der Waals surface area contributed by atoms with Crippen molar-refractivity contribution in [2.24, 2.45) is 5.92 Å². The second-order valence-corrected chi connectivity index (χ2v) is 6.95. The molecule has 1 fully saturated rings. The number of anilines is 1. The standard InChI is InChI=1S/C12H17ClN2O2S/c1-2-9-5-6-15(8-9)18(16,17)12-4-3-10(13)7-11(12)14/h3-4,7,9H,2,5-6,8,14H2,1H3. The summed E-state index contributed by atoms with van der Waals surface area (Å²) < 4.78 is 26.4. The number of halogens is 1. The van der Waals surface area contributed by atoms with Gasteiger partial charge in [-0.1, -0.05) is 24.9 Å². The van der Waals surface area contributed by atoms with Crippen LogP contribution in [0.4, 0.5) is 5.69 Å². The average Bonchev–Trinajstić information content (AvgIpc) is 2.77. The molecule has 0 radical (unpaired) electrons. The molecule has 2 N–H and O–H groups in total. The minimum Gasteiger partial charge on any atom is -0.398 e. The van der Waals surface area contributed by atoms with E-state index in [0.29, 0.717) is 24.0 Å². The summed E-state index contributed by atoms with van der Waals surface area (Å²) in [5.41, 5.74) is 5.96. The smallest absolute Gasteiger partial charge is 0.245 e. The first kappa shape index (κ1) is 13.6. The van der Waals surface area contributed by atoms with Crippen LogP contribution in [-0.2, 0) is 10.0 Å². The van der Waals surface area contributed by atoms with Gasteiger partial charge in [0.05, 0.1) is 5.69 Å². The molecule has 6 heteroatoms. The summed E-state index contributed by atoms with van der Waals surface area (Å²) in [6.07, 6.45) is 1.92. The number of nitrogens with two attached hydrogens (primary N) is 1. The van der Waals surface area contributed by atoms with E-state index in [-0.39, 0.29) is 10.6 Å². The van der Waals surface area contributed by atoms with Crippen LogP contribution in [0.1, 0.15) is 19.8 Å². The molecule has 4 nitrogen and oxygen atoms in total. The Kier molecular flexibility index (Phi) is 3.84. The van der Waals surface area contributed by atoms with E-state index in [0.717, 1.165) is 12.8 Å². The predicted molar refractivity (Wildman–Crippen MR) is 73.0 cm³/mol. The van der Waals surface area contributed by atoms with Gasteiger partial charge in [0.15, 0.2) is 0 Å². The van der Waals surface area contributed by atoms with E-state index in [4.69, 9.17) is 17.3 Å². The van der Waals surface area contributed by atoms with Crippen molar-refractivity contribution in [2.75, 3.05) is 18.8 Å². The summed E-state index contributed by atoms with van der Waals surface area (Å²) in [7, 11) is -3.48. The fraction of sp³-hybridized carbons (Fsp3) is 0.500. The van der Waals surface area contributed by atoms with Crippen molar-refractivity contribution in [1.82, 2.24) is 4.31 Å². The summed E-state index contributed by atoms with van der Waals surface area (Å²) >= 11 is 5.78. The molecular weight excluding hydrogens is 272 g/mol. The van der Waals surface area contributed by atoms with Gasteiger partial charge in [0.1, 0.15) is 4.90 Å². The summed E-state index contributed by atoms with van der Waals surface area (Å²) in [6, 6.07) is 4.51. The Bertz CT molecular complexity index is 545. The summed E-state index contributed by atoms with van der Waals surface area (Å²) in [5.74, 6) is 0.452. The molecule has 0 saturated carbocycles. The lowest BCUT2D eigenvalue weighted by Crippen LogP contribution is -2.29. The SMILES string of the molecule is CCC1CCN(S(=O)(=O)c2ccc(Cl)cc2N)C1. The highest BCUT2D eigenvalue weighted by Crippen LogP contribution is 2.29. The minimum atomic E-state index is -3.48. The molecule has 100 valence electrons. The largest absolute Gasteiger partial charge is 0.398 e. The van der Waals surface area contributed by atoms with Crippen molar-refractivity contribution < 1.29 is 8.42 Å². The number of hydrogen-bond donors (Lipinski definition) is 1. The van der Waals surface area contributed by atoms with Gasteiger partial charge >= 0.3 is 0 Å². The molecule has 0 amide bonds. The Morgan fingerprint density at radius 2 is 2.22 bits per heavy atom. The normalized spacial score (nSPS) is 21.3. The molecule has 1 aromatic carbocycles. The summed E-state index contributed by atoms with van der Waals surface area (Å²) in [5, 5.41) is 0.444. The molecule has 18 heavy (non-hydrogen) atoms. The van der Waals surface area contributed by atoms with Crippen molar-refractivity contribution >= 4 is 27.3 Å². The topological polar surface area (TPSA) is 63.4 Å². The molecule has 0 aliphatic carbocycles. The van der Waals surface area contributed by atoms with E-state index < -0.39 is 10.0 Å². The van der Waals surface area contributed by atoms with E-state index in [1.165, 1.54) is 16.4 Å². The second kappa shape index (κ2) is 5.07. The number of nitrogens with zero attached hydrogens (tertiary/aromatic N) is 1. The molecule has 1 saturated heterocycles. The first-order chi connectivity index (χ1) is 8.45. The van der Waals surface area contributed by atoms with Gasteiger partial charge in [0.25, 0.3) is 0 Å². The molecule has 1 aliphatic rings. The molecule has 1 unspecified atom stereocenters. The highest BCUT2D eigenvalue weighted by Gasteiger charge is 2.32. The third-order valence-electron chi connectivity index (χ3n) is 3.42. The molecule has 2 rings (SSSR count). The van der Waals surface area contributed by atoms with Crippen molar-refractivity contribution in [3.8, 4) is 0 Å². The van der Waals surface area contributed by atoms with Gasteiger partial charge in [-0.15, -0.1) is 0 Å². The first-order valence-corrected chi connectivity index (χ1v) is 7.82. The van der Waals surface area contributed by atoms with Crippen molar-refractivity contribution in [1.29, 1.82) is 0 Å². The Morgan fingerprint density at radius 3 is 2.78 bits per heavy atom. The highest BCUT2D eigenvalue weighted by molar-refractivity contribution is 7.89. The molecule has 0 spiro atoms. The molecule has 0 bridgehead atoms. The Labute approximate surface area is 113 Å². The van der Waals surface area contributed by atoms with Crippen molar-refractivity contribution in [3.05, 3.63) is 23.2 Å². The van der Waals surface area contributed by atoms with Crippen LogP contribution in [0.15, 0.2) is 23.1 Å². The van der Waals surface area contributed by atoms with Crippen LogP contribution in [0.5, 0.6) is 0 Å². The Hall–Kier alpha value is -0.780. The van der Waals surface area contributed by atoms with Crippen LogP contribution in [0.2, 0.25) is 5.02 Å². The maximum atomic E-state index is 12.4. The molecule has 1 atom stereocenters. The van der Waals surface area contributed by atoms with Gasteiger partial charge in [-0.3, -0.25) is 0 Å². The highest BCUT2D eigenvalue weighted by atomic mass is 35.5. The van der Waals surface area contributed by atoms with Crippen LogP contribution in [0, 0.1) is 5.92 Å². The van der Waals surface area contributed by atoms with Gasteiger partial charge in [-0.2, -0.15) is 4.31 Å². The first-order valence-electron chi connectivity index (χ1n) is 6.00. The van der Waals surface area contributed by atoms with Gasteiger partial charge in [-0.05, 0) is 30.5 Å². The lowest BCUT2D eigenvalue weighted by molar-refractivity contribution is 0.453. The molecule has 1 aliphatic heterocycles. The van der Waals surface area contributed by atoms with Crippen LogP contribution in [0.25, 0.3) is 0 Å². The lowest BCUT2D eigenvalue weighted by atomic mass is 10.1. The molecule has 1 aromatic rings. The number of sulfonamides is 1. The predicted octanol–water partition coefficient (Wildman–Crippen LogP) is 2.34. The third-order valence-corrected chi connectivity index (χ3v) is 5.59. The van der Waals surface area contributed by atoms with E-state index in [2.05, 4.69) is 6.92 Å². The van der Waals surface area contributed by atoms with Crippen LogP contribution >= 0.6 is 11.6 Å². The van der Waals surface area contributed by atoms with Crippen LogP contribution < -0.4 is 5.73 Å². The lowest BCUT2D eigenvalue weighted by Gasteiger charge is -2.17. The maximum Gasteiger partial charge on any atom is 0.245 e. The van der Waals surface area contributed by atoms with Crippen LogP contribution in [-0.4, -0.2) is 25.8 Å². The second-order valence-electron chi connectivity index (χ2n) is 4.61. The van der Waals surface area contributed by atoms with Crippen molar-refractivity contribution in [2.45, 2.75) is 24.7 Å². The Balaban J connectivity index is 2.31. The average molecular weight is 289 g/mol. The van der Waals surface area contributed by atoms with Gasteiger partial charge in [0, 0.05) is 18.1 Å². The van der Waals surface area contributed by atoms with Gasteiger partial charge in [0.2, 0.25) is 10.0 Å². The fourth-order valence-corrected chi connectivity index (χ4v) is 4.05. The van der Waals surface area contributed by atoms with E-state index >= 15 is 0 Å². The quantitative estimate of drug-likeness (QED) is 0.868. The number of nitrogen functional groups attached to an aromatic ring is 1. The number of rotatable bonds is 3. The molecular formula is C12H17ClN2O2S. The van der Waals surface area contributed by atoms with E-state index in [1.54, 1.807) is 6.07 Å². The fourth-order valence-electron chi connectivity index (χ4n) is 2.24. The summed E-state index contributed by atoms with van der Waals surface area (Å²) in [4.78, 5) is 0.156. The molecule has 1 heterocycles. The number of hydrogen-bond acceptors (Lipinski definition) is 3. The monoisotopic (exact) mass is 288 g/mol. The Morgan fingerprint density at radius 1 is 1.50 bits per heavy atom. The van der Waals surface area contributed by atoms with Crippen LogP contribution in [0.3, 0.4) is 0 Å². The van der Waals surface area contributed by atoms with E-state index in [1.807, 2.05) is 0 Å². The van der Waals surface area contributed by atoms with Crippen molar-refractivity contribution in [3.63, 3.8) is 0 Å².